The Balaban J connectivity index is 2.09. The topological polar surface area (TPSA) is 66.8 Å². The van der Waals surface area contributed by atoms with Crippen LogP contribution in [0.2, 0.25) is 0 Å². The van der Waals surface area contributed by atoms with Crippen LogP contribution in [0.15, 0.2) is 47.4 Å². The molecule has 2 aromatic rings. The summed E-state index contributed by atoms with van der Waals surface area (Å²) in [6.45, 7) is 0.0666. The first-order chi connectivity index (χ1) is 10.6. The van der Waals surface area contributed by atoms with Crippen LogP contribution < -0.4 is 0 Å². The predicted molar refractivity (Wildman–Crippen MR) is 84.1 cm³/mol. The Hall–Kier alpha value is -1.47. The number of sulfonamides is 1. The molecule has 0 bridgehead atoms. The number of fused-ring (bicyclic) bond motifs is 1. The standard InChI is InChI=1S/C16H19NO4S/c1-21-14-9-13(11-18)17(10-14)22(19,20)16-8-4-6-12-5-2-3-7-15(12)16/h2-8,13-14,18H,9-11H2,1H3/t13-,14+/m0/s1. The van der Waals surface area contributed by atoms with Gasteiger partial charge in [0.2, 0.25) is 10.0 Å². The zero-order valence-corrected chi connectivity index (χ0v) is 13.2. The Kier molecular flexibility index (Phi) is 4.18. The second-order valence-electron chi connectivity index (χ2n) is 5.48. The predicted octanol–water partition coefficient (Wildman–Crippen LogP) is 1.61. The van der Waals surface area contributed by atoms with E-state index in [1.165, 1.54) is 4.31 Å². The monoisotopic (exact) mass is 321 g/mol. The fourth-order valence-electron chi connectivity index (χ4n) is 3.02. The molecular weight excluding hydrogens is 302 g/mol. The van der Waals surface area contributed by atoms with E-state index >= 15 is 0 Å². The summed E-state index contributed by atoms with van der Waals surface area (Å²) in [6.07, 6.45) is 0.332. The molecule has 22 heavy (non-hydrogen) atoms. The van der Waals surface area contributed by atoms with E-state index in [0.717, 1.165) is 5.39 Å². The molecule has 6 heteroatoms. The third-order valence-corrected chi connectivity index (χ3v) is 6.18. The summed E-state index contributed by atoms with van der Waals surface area (Å²) in [6, 6.07) is 12.2. The molecule has 1 saturated heterocycles. The SMILES string of the molecule is CO[C@@H]1C[C@@H](CO)N(S(=O)(=O)c2cccc3ccccc23)C1. The van der Waals surface area contributed by atoms with Crippen molar-refractivity contribution in [3.63, 3.8) is 0 Å². The van der Waals surface area contributed by atoms with Crippen LogP contribution in [0, 0.1) is 0 Å². The van der Waals surface area contributed by atoms with Crippen molar-refractivity contribution in [3.8, 4) is 0 Å². The number of hydrogen-bond donors (Lipinski definition) is 1. The normalized spacial score (nSPS) is 23.2. The second-order valence-corrected chi connectivity index (χ2v) is 7.34. The number of aliphatic hydroxyl groups excluding tert-OH is 1. The number of methoxy groups -OCH3 is 1. The van der Waals surface area contributed by atoms with Gasteiger partial charge in [-0.1, -0.05) is 36.4 Å². The molecule has 0 aliphatic carbocycles. The maximum atomic E-state index is 13.0. The highest BCUT2D eigenvalue weighted by Gasteiger charge is 2.40. The van der Waals surface area contributed by atoms with Crippen LogP contribution in [0.5, 0.6) is 0 Å². The average molecular weight is 321 g/mol. The van der Waals surface area contributed by atoms with Crippen LogP contribution >= 0.6 is 0 Å². The maximum absolute atomic E-state index is 13.0. The Bertz CT molecular complexity index is 769. The summed E-state index contributed by atoms with van der Waals surface area (Å²) in [5.74, 6) is 0. The first-order valence-corrected chi connectivity index (χ1v) is 8.65. The van der Waals surface area contributed by atoms with E-state index in [1.54, 1.807) is 25.3 Å². The van der Waals surface area contributed by atoms with Crippen molar-refractivity contribution >= 4 is 20.8 Å². The van der Waals surface area contributed by atoms with Crippen LogP contribution in [0.3, 0.4) is 0 Å². The van der Waals surface area contributed by atoms with E-state index < -0.39 is 16.1 Å². The van der Waals surface area contributed by atoms with Gasteiger partial charge in [0.25, 0.3) is 0 Å². The lowest BCUT2D eigenvalue weighted by atomic mass is 10.1. The fourth-order valence-corrected chi connectivity index (χ4v) is 4.90. The first-order valence-electron chi connectivity index (χ1n) is 7.21. The van der Waals surface area contributed by atoms with Crippen molar-refractivity contribution < 1.29 is 18.3 Å². The highest BCUT2D eigenvalue weighted by atomic mass is 32.2. The molecule has 0 aromatic heterocycles. The molecule has 2 atom stereocenters. The minimum Gasteiger partial charge on any atom is -0.395 e. The van der Waals surface area contributed by atoms with Gasteiger partial charge in [-0.2, -0.15) is 4.31 Å². The average Bonchev–Trinajstić information content (AvgIpc) is 2.98. The molecular formula is C16H19NO4S. The molecule has 0 saturated carbocycles. The van der Waals surface area contributed by atoms with E-state index in [4.69, 9.17) is 4.74 Å². The Morgan fingerprint density at radius 1 is 1.23 bits per heavy atom. The van der Waals surface area contributed by atoms with Gasteiger partial charge in [-0.15, -0.1) is 0 Å². The molecule has 0 unspecified atom stereocenters. The summed E-state index contributed by atoms with van der Waals surface area (Å²) in [5.41, 5.74) is 0. The number of hydrogen-bond acceptors (Lipinski definition) is 4. The van der Waals surface area contributed by atoms with E-state index in [-0.39, 0.29) is 24.2 Å². The van der Waals surface area contributed by atoms with Crippen molar-refractivity contribution in [2.24, 2.45) is 0 Å². The summed E-state index contributed by atoms with van der Waals surface area (Å²) in [7, 11) is -2.11. The van der Waals surface area contributed by atoms with Gasteiger partial charge in [0.15, 0.2) is 0 Å². The molecule has 0 radical (unpaired) electrons. The Morgan fingerprint density at radius 2 is 1.95 bits per heavy atom. The zero-order valence-electron chi connectivity index (χ0n) is 12.3. The minimum absolute atomic E-state index is 0.179. The molecule has 0 spiro atoms. The molecule has 1 N–H and O–H groups in total. The van der Waals surface area contributed by atoms with E-state index in [2.05, 4.69) is 0 Å². The first kappa shape index (κ1) is 15.4. The van der Waals surface area contributed by atoms with Gasteiger partial charge in [-0.3, -0.25) is 0 Å². The van der Waals surface area contributed by atoms with Crippen LogP contribution in [0.4, 0.5) is 0 Å². The van der Waals surface area contributed by atoms with Crippen molar-refractivity contribution in [2.75, 3.05) is 20.3 Å². The van der Waals surface area contributed by atoms with E-state index in [1.807, 2.05) is 24.3 Å². The molecule has 1 aliphatic rings. The summed E-state index contributed by atoms with van der Waals surface area (Å²) in [4.78, 5) is 0.279. The Labute approximate surface area is 130 Å². The van der Waals surface area contributed by atoms with Gasteiger partial charge in [-0.05, 0) is 17.9 Å². The van der Waals surface area contributed by atoms with Gasteiger partial charge in [-0.25, -0.2) is 8.42 Å². The molecule has 3 rings (SSSR count). The van der Waals surface area contributed by atoms with Gasteiger partial charge in [0, 0.05) is 19.0 Å². The van der Waals surface area contributed by atoms with Crippen molar-refractivity contribution in [2.45, 2.75) is 23.5 Å². The van der Waals surface area contributed by atoms with Crippen molar-refractivity contribution in [1.29, 1.82) is 0 Å². The number of ether oxygens (including phenoxy) is 1. The summed E-state index contributed by atoms with van der Waals surface area (Å²) in [5, 5.41) is 11.1. The fraction of sp³-hybridized carbons (Fsp3) is 0.375. The highest BCUT2D eigenvalue weighted by Crippen LogP contribution is 2.31. The van der Waals surface area contributed by atoms with Crippen LogP contribution in [-0.2, 0) is 14.8 Å². The van der Waals surface area contributed by atoms with Crippen LogP contribution in [-0.4, -0.2) is 50.2 Å². The molecule has 1 fully saturated rings. The molecule has 0 amide bonds. The lowest BCUT2D eigenvalue weighted by molar-refractivity contribution is 0.113. The highest BCUT2D eigenvalue weighted by molar-refractivity contribution is 7.89. The maximum Gasteiger partial charge on any atom is 0.244 e. The van der Waals surface area contributed by atoms with Crippen molar-refractivity contribution in [1.82, 2.24) is 4.31 Å². The van der Waals surface area contributed by atoms with Gasteiger partial charge < -0.3 is 9.84 Å². The molecule has 5 nitrogen and oxygen atoms in total. The lowest BCUT2D eigenvalue weighted by Gasteiger charge is -2.23. The van der Waals surface area contributed by atoms with E-state index in [0.29, 0.717) is 11.8 Å². The number of aliphatic hydroxyl groups is 1. The third-order valence-electron chi connectivity index (χ3n) is 4.21. The molecule has 2 aromatic carbocycles. The van der Waals surface area contributed by atoms with Gasteiger partial charge in [0.1, 0.15) is 0 Å². The lowest BCUT2D eigenvalue weighted by Crippen LogP contribution is -2.38. The summed E-state index contributed by atoms with van der Waals surface area (Å²) >= 11 is 0. The van der Waals surface area contributed by atoms with Gasteiger partial charge >= 0.3 is 0 Å². The number of rotatable bonds is 4. The zero-order chi connectivity index (χ0) is 15.7. The largest absolute Gasteiger partial charge is 0.395 e. The summed E-state index contributed by atoms with van der Waals surface area (Å²) < 4.78 is 32.7. The van der Waals surface area contributed by atoms with E-state index in [9.17, 15) is 13.5 Å². The Morgan fingerprint density at radius 3 is 2.68 bits per heavy atom. The molecule has 118 valence electrons. The smallest absolute Gasteiger partial charge is 0.244 e. The van der Waals surface area contributed by atoms with Crippen LogP contribution in [0.25, 0.3) is 10.8 Å². The second kappa shape index (κ2) is 5.96. The minimum atomic E-state index is -3.68. The van der Waals surface area contributed by atoms with Crippen molar-refractivity contribution in [3.05, 3.63) is 42.5 Å². The number of nitrogens with zero attached hydrogens (tertiary/aromatic N) is 1. The molecule has 1 aliphatic heterocycles. The number of benzene rings is 2. The van der Waals surface area contributed by atoms with Gasteiger partial charge in [0.05, 0.1) is 23.6 Å². The molecule has 1 heterocycles. The third kappa shape index (κ3) is 2.52. The van der Waals surface area contributed by atoms with Crippen LogP contribution in [0.1, 0.15) is 6.42 Å². The quantitative estimate of drug-likeness (QED) is 0.929.